The molecule has 0 fully saturated rings. The maximum absolute atomic E-state index is 11.0. The second kappa shape index (κ2) is 6.98. The van der Waals surface area contributed by atoms with Crippen molar-refractivity contribution in [2.75, 3.05) is 33.9 Å². The normalized spacial score (nSPS) is 16.3. The number of nitrogens with zero attached hydrogens (tertiary/aromatic N) is 1. The molecule has 7 heteroatoms. The average molecular weight is 225 g/mol. The quantitative estimate of drug-likeness (QED) is 0.491. The molecule has 2 N–H and O–H groups in total. The van der Waals surface area contributed by atoms with E-state index in [1.807, 2.05) is 19.0 Å². The predicted octanol–water partition coefficient (Wildman–Crippen LogP) is 0.753. The van der Waals surface area contributed by atoms with E-state index in [4.69, 9.17) is 10.00 Å². The van der Waals surface area contributed by atoms with Crippen LogP contribution in [0.25, 0.3) is 0 Å². The van der Waals surface area contributed by atoms with Crippen LogP contribution >= 0.6 is 7.82 Å². The molecule has 84 valence electrons. The summed E-state index contributed by atoms with van der Waals surface area (Å²) in [4.78, 5) is 10.8. The van der Waals surface area contributed by atoms with Crippen molar-refractivity contribution in [2.24, 2.45) is 0 Å². The smallest absolute Gasteiger partial charge is 0.472 e. The van der Waals surface area contributed by atoms with Gasteiger partial charge in [-0.25, -0.2) is 4.57 Å². The first-order valence-corrected chi connectivity index (χ1v) is 5.53. The molecule has 0 aliphatic heterocycles. The van der Waals surface area contributed by atoms with Gasteiger partial charge in [0, 0.05) is 6.54 Å². The number of aliphatic hydroxyl groups is 1. The summed E-state index contributed by atoms with van der Waals surface area (Å²) in [5, 5.41) is 8.23. The summed E-state index contributed by atoms with van der Waals surface area (Å²) in [5.41, 5.74) is 0. The maximum Gasteiger partial charge on any atom is 0.472 e. The molecule has 0 heterocycles. The van der Waals surface area contributed by atoms with Crippen LogP contribution in [0.2, 0.25) is 0 Å². The van der Waals surface area contributed by atoms with Crippen molar-refractivity contribution in [3.8, 4) is 0 Å². The first-order chi connectivity index (χ1) is 6.48. The van der Waals surface area contributed by atoms with Crippen LogP contribution in [0.3, 0.4) is 0 Å². The molecular weight excluding hydrogens is 209 g/mol. The Morgan fingerprint density at radius 3 is 2.57 bits per heavy atom. The Morgan fingerprint density at radius 2 is 2.07 bits per heavy atom. The Hall–Kier alpha value is -0.390. The molecule has 0 spiro atoms. The Kier molecular flexibility index (Phi) is 6.78. The lowest BCUT2D eigenvalue weighted by Crippen LogP contribution is -2.17. The van der Waals surface area contributed by atoms with Crippen molar-refractivity contribution in [1.82, 2.24) is 4.90 Å². The molecular formula is C7H16NO5P. The van der Waals surface area contributed by atoms with Gasteiger partial charge in [-0.05, 0) is 20.2 Å². The van der Waals surface area contributed by atoms with E-state index in [-0.39, 0.29) is 13.2 Å². The largest absolute Gasteiger partial charge is 0.516 e. The van der Waals surface area contributed by atoms with E-state index in [1.54, 1.807) is 0 Å². The van der Waals surface area contributed by atoms with Gasteiger partial charge in [-0.3, -0.25) is 9.05 Å². The van der Waals surface area contributed by atoms with E-state index >= 15 is 0 Å². The number of phosphoric ester groups is 1. The average Bonchev–Trinajstić information content (AvgIpc) is 2.03. The highest BCUT2D eigenvalue weighted by Gasteiger charge is 2.19. The van der Waals surface area contributed by atoms with Gasteiger partial charge in [0.25, 0.3) is 0 Å². The summed E-state index contributed by atoms with van der Waals surface area (Å²) in [7, 11) is -0.327. The second-order valence-electron chi connectivity index (χ2n) is 2.79. The molecule has 6 nitrogen and oxygen atoms in total. The highest BCUT2D eigenvalue weighted by Crippen LogP contribution is 2.42. The van der Waals surface area contributed by atoms with Crippen molar-refractivity contribution in [2.45, 2.75) is 0 Å². The Labute approximate surface area is 83.4 Å². The third-order valence-corrected chi connectivity index (χ3v) is 2.22. The fourth-order valence-electron chi connectivity index (χ4n) is 0.556. The van der Waals surface area contributed by atoms with Gasteiger partial charge in [0.15, 0.2) is 0 Å². The van der Waals surface area contributed by atoms with Crippen LogP contribution in [0, 0.1) is 0 Å². The van der Waals surface area contributed by atoms with E-state index in [2.05, 4.69) is 9.05 Å². The summed E-state index contributed by atoms with van der Waals surface area (Å²) < 4.78 is 20.1. The molecule has 0 radical (unpaired) electrons. The molecule has 0 aromatic rings. The molecule has 0 aliphatic rings. The molecule has 0 saturated carbocycles. The SMILES string of the molecule is CN(C)CCOP(=O)(O)OC/C=C/O. The van der Waals surface area contributed by atoms with Gasteiger partial charge in [0.2, 0.25) is 0 Å². The van der Waals surface area contributed by atoms with E-state index in [0.717, 1.165) is 6.26 Å². The van der Waals surface area contributed by atoms with Gasteiger partial charge in [0.05, 0.1) is 19.5 Å². The second-order valence-corrected chi connectivity index (χ2v) is 4.24. The predicted molar refractivity (Wildman–Crippen MR) is 52.1 cm³/mol. The highest BCUT2D eigenvalue weighted by atomic mass is 31.2. The first kappa shape index (κ1) is 13.6. The van der Waals surface area contributed by atoms with Crippen molar-refractivity contribution in [3.63, 3.8) is 0 Å². The molecule has 0 rings (SSSR count). The van der Waals surface area contributed by atoms with Crippen LogP contribution in [0.15, 0.2) is 12.3 Å². The van der Waals surface area contributed by atoms with Crippen molar-refractivity contribution in [1.29, 1.82) is 0 Å². The fourth-order valence-corrected chi connectivity index (χ4v) is 1.22. The molecule has 14 heavy (non-hydrogen) atoms. The van der Waals surface area contributed by atoms with Crippen molar-refractivity contribution >= 4 is 7.82 Å². The standard InChI is InChI=1S/C7H16NO5P/c1-8(2)4-7-13-14(10,11)12-6-3-5-9/h3,5,9H,4,6-7H2,1-2H3,(H,10,11)/b5-3+. The van der Waals surface area contributed by atoms with Crippen molar-refractivity contribution < 1.29 is 23.6 Å². The number of likely N-dealkylation sites (N-methyl/N-ethyl adjacent to an activating group) is 1. The van der Waals surface area contributed by atoms with Crippen LogP contribution in [0.1, 0.15) is 0 Å². The van der Waals surface area contributed by atoms with Crippen LogP contribution in [-0.4, -0.2) is 48.8 Å². The van der Waals surface area contributed by atoms with Crippen LogP contribution < -0.4 is 0 Å². The lowest BCUT2D eigenvalue weighted by molar-refractivity contribution is 0.150. The minimum absolute atomic E-state index is 0.115. The fraction of sp³-hybridized carbons (Fsp3) is 0.714. The summed E-state index contributed by atoms with van der Waals surface area (Å²) in [6, 6.07) is 0. The first-order valence-electron chi connectivity index (χ1n) is 4.04. The molecule has 1 atom stereocenters. The Balaban J connectivity index is 3.66. The Bertz CT molecular complexity index is 218. The van der Waals surface area contributed by atoms with Crippen LogP contribution in [0.4, 0.5) is 0 Å². The zero-order valence-corrected chi connectivity index (χ0v) is 9.18. The number of aliphatic hydroxyl groups excluding tert-OH is 1. The zero-order valence-electron chi connectivity index (χ0n) is 8.29. The molecule has 0 amide bonds. The third kappa shape index (κ3) is 8.22. The van der Waals surface area contributed by atoms with Crippen LogP contribution in [0.5, 0.6) is 0 Å². The van der Waals surface area contributed by atoms with Gasteiger partial charge in [-0.2, -0.15) is 0 Å². The van der Waals surface area contributed by atoms with Crippen molar-refractivity contribution in [3.05, 3.63) is 12.3 Å². The van der Waals surface area contributed by atoms with E-state index in [9.17, 15) is 4.57 Å². The molecule has 0 aromatic carbocycles. The van der Waals surface area contributed by atoms with Gasteiger partial charge in [0.1, 0.15) is 0 Å². The number of hydrogen-bond acceptors (Lipinski definition) is 5. The molecule has 0 bridgehead atoms. The van der Waals surface area contributed by atoms with Gasteiger partial charge < -0.3 is 14.9 Å². The highest BCUT2D eigenvalue weighted by molar-refractivity contribution is 7.47. The maximum atomic E-state index is 11.0. The third-order valence-electron chi connectivity index (χ3n) is 1.23. The number of phosphoric acid groups is 1. The molecule has 0 aliphatic carbocycles. The lowest BCUT2D eigenvalue weighted by atomic mass is 10.6. The summed E-state index contributed by atoms with van der Waals surface area (Å²) in [5.74, 6) is 0. The lowest BCUT2D eigenvalue weighted by Gasteiger charge is -2.13. The zero-order chi connectivity index (χ0) is 11.0. The van der Waals surface area contributed by atoms with E-state index < -0.39 is 7.82 Å². The minimum Gasteiger partial charge on any atom is -0.516 e. The van der Waals surface area contributed by atoms with Gasteiger partial charge >= 0.3 is 7.82 Å². The number of rotatable bonds is 7. The number of hydrogen-bond donors (Lipinski definition) is 2. The van der Waals surface area contributed by atoms with Gasteiger partial charge in [-0.1, -0.05) is 0 Å². The van der Waals surface area contributed by atoms with Crippen LogP contribution in [-0.2, 0) is 13.6 Å². The molecule has 0 saturated heterocycles. The topological polar surface area (TPSA) is 79.2 Å². The summed E-state index contributed by atoms with van der Waals surface area (Å²) in [6.45, 7) is 0.486. The Morgan fingerprint density at radius 1 is 1.43 bits per heavy atom. The minimum atomic E-state index is -3.97. The monoisotopic (exact) mass is 225 g/mol. The van der Waals surface area contributed by atoms with Gasteiger partial charge in [-0.15, -0.1) is 0 Å². The summed E-state index contributed by atoms with van der Waals surface area (Å²) >= 11 is 0. The molecule has 0 aromatic heterocycles. The summed E-state index contributed by atoms with van der Waals surface area (Å²) in [6.07, 6.45) is 1.93. The van der Waals surface area contributed by atoms with E-state index in [1.165, 1.54) is 6.08 Å². The molecule has 1 unspecified atom stereocenters. The van der Waals surface area contributed by atoms with E-state index in [0.29, 0.717) is 6.54 Å².